The summed E-state index contributed by atoms with van der Waals surface area (Å²) in [6.07, 6.45) is -0.795. The molecule has 1 aliphatic heterocycles. The van der Waals surface area contributed by atoms with E-state index in [1.54, 1.807) is 0 Å². The van der Waals surface area contributed by atoms with E-state index < -0.39 is 30.4 Å². The van der Waals surface area contributed by atoms with Crippen LogP contribution in [0.1, 0.15) is 47.5 Å². The van der Waals surface area contributed by atoms with Crippen LogP contribution in [-0.2, 0) is 38.1 Å². The maximum Gasteiger partial charge on any atom is 0.303 e. The molecule has 29 heavy (non-hydrogen) atoms. The van der Waals surface area contributed by atoms with E-state index >= 15 is 0 Å². The standard InChI is InChI=1S/C20H35NO8/c1-6-25-11-9-21-18(24)8-7-10-26-20-14(3)13(2)19(28-16(5)23)17(29-20)12-27-15(4)22/h13-14,17,19-20H,6-12H2,1-5H3,(H,21,24). The molecule has 9 nitrogen and oxygen atoms in total. The summed E-state index contributed by atoms with van der Waals surface area (Å²) in [5.74, 6) is -1.01. The first kappa shape index (κ1) is 25.3. The summed E-state index contributed by atoms with van der Waals surface area (Å²) in [5.41, 5.74) is 0. The number of carbonyl (C=O) groups is 3. The fourth-order valence-corrected chi connectivity index (χ4v) is 3.09. The third kappa shape index (κ3) is 9.56. The smallest absolute Gasteiger partial charge is 0.303 e. The lowest BCUT2D eigenvalue weighted by Crippen LogP contribution is -2.53. The molecule has 0 radical (unpaired) electrons. The maximum absolute atomic E-state index is 11.8. The van der Waals surface area contributed by atoms with Gasteiger partial charge in [0.2, 0.25) is 5.91 Å². The topological polar surface area (TPSA) is 109 Å². The summed E-state index contributed by atoms with van der Waals surface area (Å²) in [4.78, 5) is 34.4. The van der Waals surface area contributed by atoms with Crippen molar-refractivity contribution in [1.29, 1.82) is 0 Å². The zero-order valence-corrected chi connectivity index (χ0v) is 18.1. The van der Waals surface area contributed by atoms with Gasteiger partial charge in [-0.1, -0.05) is 13.8 Å². The molecular formula is C20H35NO8. The predicted molar refractivity (Wildman–Crippen MR) is 104 cm³/mol. The second-order valence-electron chi connectivity index (χ2n) is 7.16. The molecular weight excluding hydrogens is 382 g/mol. The van der Waals surface area contributed by atoms with Crippen molar-refractivity contribution in [2.75, 3.05) is 33.0 Å². The quantitative estimate of drug-likeness (QED) is 0.375. The molecule has 1 amide bonds. The SMILES string of the molecule is CCOCCNC(=O)CCCOC1OC(COC(C)=O)C(OC(C)=O)C(C)C1C. The molecule has 1 heterocycles. The Morgan fingerprint density at radius 2 is 1.76 bits per heavy atom. The van der Waals surface area contributed by atoms with Crippen molar-refractivity contribution in [2.24, 2.45) is 11.8 Å². The Kier molecular flexibility index (Phi) is 11.8. The van der Waals surface area contributed by atoms with Gasteiger partial charge in [0.25, 0.3) is 0 Å². The highest BCUT2D eigenvalue weighted by Gasteiger charge is 2.44. The van der Waals surface area contributed by atoms with E-state index in [-0.39, 0.29) is 24.3 Å². The van der Waals surface area contributed by atoms with E-state index in [2.05, 4.69) is 5.32 Å². The van der Waals surface area contributed by atoms with Crippen molar-refractivity contribution < 1.29 is 38.1 Å². The van der Waals surface area contributed by atoms with Gasteiger partial charge in [-0.15, -0.1) is 0 Å². The van der Waals surface area contributed by atoms with Crippen LogP contribution in [0.4, 0.5) is 0 Å². The van der Waals surface area contributed by atoms with Gasteiger partial charge in [-0.2, -0.15) is 0 Å². The number of hydrogen-bond donors (Lipinski definition) is 1. The van der Waals surface area contributed by atoms with Crippen LogP contribution in [0.15, 0.2) is 0 Å². The van der Waals surface area contributed by atoms with Crippen LogP contribution in [0.5, 0.6) is 0 Å². The van der Waals surface area contributed by atoms with E-state index in [1.165, 1.54) is 13.8 Å². The largest absolute Gasteiger partial charge is 0.463 e. The van der Waals surface area contributed by atoms with Crippen molar-refractivity contribution in [3.8, 4) is 0 Å². The van der Waals surface area contributed by atoms with Crippen molar-refractivity contribution in [3.05, 3.63) is 0 Å². The zero-order valence-electron chi connectivity index (χ0n) is 18.1. The fraction of sp³-hybridized carbons (Fsp3) is 0.850. The van der Waals surface area contributed by atoms with Gasteiger partial charge in [0.05, 0.1) is 13.2 Å². The van der Waals surface area contributed by atoms with Crippen LogP contribution >= 0.6 is 0 Å². The lowest BCUT2D eigenvalue weighted by atomic mass is 9.84. The average Bonchev–Trinajstić information content (AvgIpc) is 2.66. The first-order valence-electron chi connectivity index (χ1n) is 10.2. The van der Waals surface area contributed by atoms with Gasteiger partial charge in [0.1, 0.15) is 18.8 Å². The molecule has 5 unspecified atom stereocenters. The minimum absolute atomic E-state index is 0.0214. The Morgan fingerprint density at radius 3 is 2.38 bits per heavy atom. The first-order chi connectivity index (χ1) is 13.8. The number of amides is 1. The number of nitrogens with one attached hydrogen (secondary N) is 1. The molecule has 1 N–H and O–H groups in total. The lowest BCUT2D eigenvalue weighted by molar-refractivity contribution is -0.273. The molecule has 0 spiro atoms. The van der Waals surface area contributed by atoms with Gasteiger partial charge in [-0.25, -0.2) is 0 Å². The van der Waals surface area contributed by atoms with Gasteiger partial charge >= 0.3 is 11.9 Å². The molecule has 0 aliphatic carbocycles. The van der Waals surface area contributed by atoms with Crippen LogP contribution in [0.25, 0.3) is 0 Å². The summed E-state index contributed by atoms with van der Waals surface area (Å²) < 4.78 is 27.4. The lowest BCUT2D eigenvalue weighted by Gasteiger charge is -2.43. The van der Waals surface area contributed by atoms with Gasteiger partial charge in [0, 0.05) is 45.3 Å². The number of esters is 2. The summed E-state index contributed by atoms with van der Waals surface area (Å²) in [6, 6.07) is 0. The Labute approximate surface area is 172 Å². The molecule has 9 heteroatoms. The highest BCUT2D eigenvalue weighted by Crippen LogP contribution is 2.33. The number of rotatable bonds is 12. The van der Waals surface area contributed by atoms with Gasteiger partial charge in [0.15, 0.2) is 6.29 Å². The van der Waals surface area contributed by atoms with Gasteiger partial charge < -0.3 is 29.0 Å². The van der Waals surface area contributed by atoms with Crippen LogP contribution < -0.4 is 5.32 Å². The van der Waals surface area contributed by atoms with E-state index in [9.17, 15) is 14.4 Å². The number of hydrogen-bond acceptors (Lipinski definition) is 8. The highest BCUT2D eigenvalue weighted by atomic mass is 16.7. The third-order valence-electron chi connectivity index (χ3n) is 4.81. The van der Waals surface area contributed by atoms with Gasteiger partial charge in [-0.05, 0) is 13.3 Å². The molecule has 1 fully saturated rings. The molecule has 1 rings (SSSR count). The number of carbonyl (C=O) groups excluding carboxylic acids is 3. The summed E-state index contributed by atoms with van der Waals surface area (Å²) in [5, 5.41) is 2.78. The summed E-state index contributed by atoms with van der Waals surface area (Å²) in [6.45, 7) is 10.4. The minimum atomic E-state index is -0.610. The average molecular weight is 417 g/mol. The van der Waals surface area contributed by atoms with E-state index in [4.69, 9.17) is 23.7 Å². The van der Waals surface area contributed by atoms with Crippen molar-refractivity contribution >= 4 is 17.8 Å². The van der Waals surface area contributed by atoms with Crippen LogP contribution in [0.2, 0.25) is 0 Å². The second kappa shape index (κ2) is 13.5. The molecule has 0 aromatic rings. The molecule has 168 valence electrons. The molecule has 0 bridgehead atoms. The summed E-state index contributed by atoms with van der Waals surface area (Å²) >= 11 is 0. The third-order valence-corrected chi connectivity index (χ3v) is 4.81. The zero-order chi connectivity index (χ0) is 21.8. The van der Waals surface area contributed by atoms with E-state index in [0.29, 0.717) is 39.2 Å². The molecule has 0 aromatic heterocycles. The number of ether oxygens (including phenoxy) is 5. The normalized spacial score (nSPS) is 26.6. The van der Waals surface area contributed by atoms with Crippen molar-refractivity contribution in [2.45, 2.75) is 66.0 Å². The Bertz CT molecular complexity index is 527. The van der Waals surface area contributed by atoms with Crippen molar-refractivity contribution in [1.82, 2.24) is 5.32 Å². The fourth-order valence-electron chi connectivity index (χ4n) is 3.09. The Hall–Kier alpha value is -1.71. The predicted octanol–water partition coefficient (Wildman–Crippen LogP) is 1.43. The van der Waals surface area contributed by atoms with Crippen LogP contribution in [0, 0.1) is 11.8 Å². The molecule has 0 aromatic carbocycles. The first-order valence-corrected chi connectivity index (χ1v) is 10.2. The maximum atomic E-state index is 11.8. The Morgan fingerprint density at radius 1 is 1.03 bits per heavy atom. The van der Waals surface area contributed by atoms with E-state index in [1.807, 2.05) is 20.8 Å². The highest BCUT2D eigenvalue weighted by molar-refractivity contribution is 5.75. The minimum Gasteiger partial charge on any atom is -0.463 e. The molecule has 1 aliphatic rings. The second-order valence-corrected chi connectivity index (χ2v) is 7.16. The van der Waals surface area contributed by atoms with Crippen molar-refractivity contribution in [3.63, 3.8) is 0 Å². The van der Waals surface area contributed by atoms with Gasteiger partial charge in [-0.3, -0.25) is 14.4 Å². The van der Waals surface area contributed by atoms with Crippen LogP contribution in [0.3, 0.4) is 0 Å². The molecule has 1 saturated heterocycles. The molecule has 5 atom stereocenters. The summed E-state index contributed by atoms with van der Waals surface area (Å²) in [7, 11) is 0. The van der Waals surface area contributed by atoms with E-state index in [0.717, 1.165) is 0 Å². The monoisotopic (exact) mass is 417 g/mol. The Balaban J connectivity index is 2.48. The molecule has 0 saturated carbocycles. The van der Waals surface area contributed by atoms with Crippen LogP contribution in [-0.4, -0.2) is 69.3 Å².